The summed E-state index contributed by atoms with van der Waals surface area (Å²) in [6, 6.07) is 2.95. The number of benzene rings is 1. The Bertz CT molecular complexity index is 550. The van der Waals surface area contributed by atoms with Gasteiger partial charge in [0.2, 0.25) is 0 Å². The zero-order valence-corrected chi connectivity index (χ0v) is 11.6. The van der Waals surface area contributed by atoms with E-state index in [0.717, 1.165) is 12.5 Å². The number of aromatic carboxylic acids is 1. The Morgan fingerprint density at radius 2 is 2.24 bits per heavy atom. The first kappa shape index (κ1) is 15.2. The van der Waals surface area contributed by atoms with Crippen LogP contribution < -0.4 is 5.32 Å². The minimum absolute atomic E-state index is 0.0391. The van der Waals surface area contributed by atoms with E-state index in [1.54, 1.807) is 4.90 Å². The second-order valence-electron chi connectivity index (χ2n) is 4.91. The maximum absolute atomic E-state index is 13.8. The summed E-state index contributed by atoms with van der Waals surface area (Å²) in [6.07, 6.45) is 0.649. The predicted octanol–water partition coefficient (Wildman–Crippen LogP) is 2.17. The third-order valence-corrected chi connectivity index (χ3v) is 3.20. The van der Waals surface area contributed by atoms with Gasteiger partial charge in [-0.05, 0) is 31.5 Å². The van der Waals surface area contributed by atoms with Gasteiger partial charge in [-0.25, -0.2) is 14.0 Å². The van der Waals surface area contributed by atoms with Crippen LogP contribution in [0.5, 0.6) is 0 Å². The molecule has 2 amide bonds. The molecule has 1 aromatic carbocycles. The number of nitrogens with one attached hydrogen (secondary N) is 1. The van der Waals surface area contributed by atoms with Gasteiger partial charge in [-0.15, -0.1) is 0 Å². The first-order valence-corrected chi connectivity index (χ1v) is 6.67. The average molecular weight is 296 g/mol. The number of halogens is 1. The lowest BCUT2D eigenvalue weighted by molar-refractivity contribution is 0.0696. The molecule has 1 aliphatic heterocycles. The molecular formula is C14H17FN2O4. The van der Waals surface area contributed by atoms with Gasteiger partial charge in [-0.1, -0.05) is 0 Å². The van der Waals surface area contributed by atoms with Crippen LogP contribution in [0.1, 0.15) is 23.7 Å². The van der Waals surface area contributed by atoms with E-state index in [2.05, 4.69) is 5.32 Å². The van der Waals surface area contributed by atoms with E-state index in [4.69, 9.17) is 9.84 Å². The van der Waals surface area contributed by atoms with Crippen molar-refractivity contribution in [1.29, 1.82) is 0 Å². The molecule has 0 saturated carbocycles. The third-order valence-electron chi connectivity index (χ3n) is 3.20. The van der Waals surface area contributed by atoms with Crippen LogP contribution in [0.25, 0.3) is 0 Å². The van der Waals surface area contributed by atoms with Gasteiger partial charge < -0.3 is 20.1 Å². The fourth-order valence-corrected chi connectivity index (χ4v) is 2.12. The van der Waals surface area contributed by atoms with Crippen molar-refractivity contribution in [2.45, 2.75) is 19.4 Å². The Balaban J connectivity index is 2.06. The number of carbonyl (C=O) groups excluding carboxylic acids is 1. The molecule has 114 valence electrons. The topological polar surface area (TPSA) is 78.9 Å². The molecular weight excluding hydrogens is 279 g/mol. The van der Waals surface area contributed by atoms with Crippen LogP contribution in [0, 0.1) is 5.82 Å². The lowest BCUT2D eigenvalue weighted by Crippen LogP contribution is -2.39. The quantitative estimate of drug-likeness (QED) is 0.876. The minimum Gasteiger partial charge on any atom is -0.478 e. The number of nitrogens with zero attached hydrogens (tertiary/aromatic N) is 1. The average Bonchev–Trinajstić information content (AvgIpc) is 2.65. The van der Waals surface area contributed by atoms with Crippen LogP contribution in [0.3, 0.4) is 0 Å². The van der Waals surface area contributed by atoms with Crippen LogP contribution in [-0.2, 0) is 4.74 Å². The number of hydrogen-bond acceptors (Lipinski definition) is 3. The highest BCUT2D eigenvalue weighted by Crippen LogP contribution is 2.17. The summed E-state index contributed by atoms with van der Waals surface area (Å²) >= 11 is 0. The van der Waals surface area contributed by atoms with Gasteiger partial charge >= 0.3 is 12.0 Å². The zero-order valence-electron chi connectivity index (χ0n) is 11.6. The molecule has 7 heteroatoms. The largest absolute Gasteiger partial charge is 0.478 e. The number of carbonyl (C=O) groups is 2. The maximum Gasteiger partial charge on any atom is 0.335 e. The third kappa shape index (κ3) is 3.91. The maximum atomic E-state index is 13.8. The number of carboxylic acids is 1. The fraction of sp³-hybridized carbons (Fsp3) is 0.429. The molecule has 0 aromatic heterocycles. The first-order valence-electron chi connectivity index (χ1n) is 6.67. The molecule has 1 saturated heterocycles. The minimum atomic E-state index is -1.22. The van der Waals surface area contributed by atoms with Gasteiger partial charge in [-0.3, -0.25) is 0 Å². The summed E-state index contributed by atoms with van der Waals surface area (Å²) in [7, 11) is 0. The summed E-state index contributed by atoms with van der Waals surface area (Å²) in [6.45, 7) is 3.42. The van der Waals surface area contributed by atoms with Crippen molar-refractivity contribution in [3.05, 3.63) is 29.6 Å². The molecule has 0 aliphatic carbocycles. The standard InChI is InChI=1S/C14H17FN2O4/c1-9-8-17(5-2-6-21-9)14(20)16-12-4-3-10(13(18)19)7-11(12)15/h3-4,7,9H,2,5-6,8H2,1H3,(H,16,20)(H,18,19). The summed E-state index contributed by atoms with van der Waals surface area (Å²) in [5, 5.41) is 11.2. The Hall–Kier alpha value is -2.15. The van der Waals surface area contributed by atoms with Crippen molar-refractivity contribution >= 4 is 17.7 Å². The van der Waals surface area contributed by atoms with Gasteiger partial charge in [0.25, 0.3) is 0 Å². The highest BCUT2D eigenvalue weighted by Gasteiger charge is 2.21. The summed E-state index contributed by atoms with van der Waals surface area (Å²) < 4.78 is 19.2. The van der Waals surface area contributed by atoms with E-state index >= 15 is 0 Å². The van der Waals surface area contributed by atoms with Gasteiger partial charge in [0.15, 0.2) is 0 Å². The van der Waals surface area contributed by atoms with E-state index in [9.17, 15) is 14.0 Å². The van der Waals surface area contributed by atoms with Crippen molar-refractivity contribution in [2.75, 3.05) is 25.0 Å². The number of ether oxygens (including phenoxy) is 1. The van der Waals surface area contributed by atoms with E-state index in [1.165, 1.54) is 12.1 Å². The molecule has 21 heavy (non-hydrogen) atoms. The molecule has 1 atom stereocenters. The molecule has 1 unspecified atom stereocenters. The molecule has 0 bridgehead atoms. The highest BCUT2D eigenvalue weighted by atomic mass is 19.1. The van der Waals surface area contributed by atoms with Gasteiger partial charge in [0, 0.05) is 19.7 Å². The lowest BCUT2D eigenvalue weighted by Gasteiger charge is -2.22. The molecule has 1 heterocycles. The van der Waals surface area contributed by atoms with Crippen molar-refractivity contribution in [3.8, 4) is 0 Å². The molecule has 1 aromatic rings. The molecule has 1 fully saturated rings. The molecule has 0 radical (unpaired) electrons. The molecule has 1 aliphatic rings. The second-order valence-corrected chi connectivity index (χ2v) is 4.91. The number of anilines is 1. The monoisotopic (exact) mass is 296 g/mol. The van der Waals surface area contributed by atoms with Crippen LogP contribution in [0.2, 0.25) is 0 Å². The van der Waals surface area contributed by atoms with E-state index in [1.807, 2.05) is 6.92 Å². The Morgan fingerprint density at radius 1 is 1.48 bits per heavy atom. The van der Waals surface area contributed by atoms with Crippen molar-refractivity contribution in [1.82, 2.24) is 4.90 Å². The Kier molecular flexibility index (Phi) is 4.74. The van der Waals surface area contributed by atoms with Crippen molar-refractivity contribution in [3.63, 3.8) is 0 Å². The molecule has 2 rings (SSSR count). The van der Waals surface area contributed by atoms with Crippen LogP contribution >= 0.6 is 0 Å². The summed E-state index contributed by atoms with van der Waals surface area (Å²) in [5.74, 6) is -1.99. The van der Waals surface area contributed by atoms with Crippen LogP contribution in [-0.4, -0.2) is 47.8 Å². The van der Waals surface area contributed by atoms with Crippen molar-refractivity contribution in [2.24, 2.45) is 0 Å². The molecule has 6 nitrogen and oxygen atoms in total. The second kappa shape index (κ2) is 6.53. The van der Waals surface area contributed by atoms with Gasteiger partial charge in [0.1, 0.15) is 5.82 Å². The van der Waals surface area contributed by atoms with Gasteiger partial charge in [-0.2, -0.15) is 0 Å². The Labute approximate surface area is 121 Å². The zero-order chi connectivity index (χ0) is 15.4. The Morgan fingerprint density at radius 3 is 2.90 bits per heavy atom. The highest BCUT2D eigenvalue weighted by molar-refractivity contribution is 5.91. The smallest absolute Gasteiger partial charge is 0.335 e. The van der Waals surface area contributed by atoms with Crippen LogP contribution in [0.15, 0.2) is 18.2 Å². The van der Waals surface area contributed by atoms with E-state index < -0.39 is 17.8 Å². The first-order chi connectivity index (χ1) is 9.97. The fourth-order valence-electron chi connectivity index (χ4n) is 2.12. The predicted molar refractivity (Wildman–Crippen MR) is 74.0 cm³/mol. The summed E-state index contributed by atoms with van der Waals surface area (Å²) in [5.41, 5.74) is -0.204. The lowest BCUT2D eigenvalue weighted by atomic mass is 10.2. The molecule has 0 spiro atoms. The van der Waals surface area contributed by atoms with Crippen LogP contribution in [0.4, 0.5) is 14.9 Å². The normalized spacial score (nSPS) is 19.0. The number of carboxylic acid groups (broad SMARTS) is 1. The number of rotatable bonds is 2. The summed E-state index contributed by atoms with van der Waals surface area (Å²) in [4.78, 5) is 24.4. The number of urea groups is 1. The molecule has 2 N–H and O–H groups in total. The van der Waals surface area contributed by atoms with Crippen molar-refractivity contribution < 1.29 is 23.8 Å². The van der Waals surface area contributed by atoms with E-state index in [0.29, 0.717) is 19.7 Å². The SMILES string of the molecule is CC1CN(C(=O)Nc2ccc(C(=O)O)cc2F)CCCO1. The number of hydrogen-bond donors (Lipinski definition) is 2. The van der Waals surface area contributed by atoms with E-state index in [-0.39, 0.29) is 17.4 Å². The van der Waals surface area contributed by atoms with Gasteiger partial charge in [0.05, 0.1) is 17.4 Å². The number of amides is 2.